The fourth-order valence-electron chi connectivity index (χ4n) is 2.61. The molecule has 0 spiro atoms. The van der Waals surface area contributed by atoms with Crippen LogP contribution in [0.15, 0.2) is 22.8 Å². The Bertz CT molecular complexity index is 262. The molecule has 0 nitrogen and oxygen atoms in total. The van der Waals surface area contributed by atoms with Crippen molar-refractivity contribution in [2.45, 2.75) is 48.0 Å². The van der Waals surface area contributed by atoms with Gasteiger partial charge in [-0.25, -0.2) is 0 Å². The molecule has 13 heavy (non-hydrogen) atoms. The van der Waals surface area contributed by atoms with Crippen molar-refractivity contribution in [2.75, 3.05) is 0 Å². The quantitative estimate of drug-likeness (QED) is 0.560. The highest BCUT2D eigenvalue weighted by Crippen LogP contribution is 2.42. The molecule has 0 aliphatic heterocycles. The molecule has 0 saturated heterocycles. The van der Waals surface area contributed by atoms with Crippen molar-refractivity contribution in [1.29, 1.82) is 0 Å². The Morgan fingerprint density at radius 3 is 2.15 bits per heavy atom. The highest BCUT2D eigenvalue weighted by Gasteiger charge is 2.29. The second-order valence-electron chi connectivity index (χ2n) is 5.17. The molecule has 1 rings (SSSR count). The van der Waals surface area contributed by atoms with Crippen molar-refractivity contribution in [3.8, 4) is 0 Å². The van der Waals surface area contributed by atoms with Gasteiger partial charge in [0, 0.05) is 0 Å². The van der Waals surface area contributed by atoms with Crippen LogP contribution in [-0.4, -0.2) is 0 Å². The second kappa shape index (κ2) is 3.32. The number of hydrogen-bond donors (Lipinski definition) is 0. The normalized spacial score (nSPS) is 22.2. The van der Waals surface area contributed by atoms with Gasteiger partial charge in [0.1, 0.15) is 0 Å². The molecule has 0 aromatic rings. The summed E-state index contributed by atoms with van der Waals surface area (Å²) >= 11 is 0. The summed E-state index contributed by atoms with van der Waals surface area (Å²) in [6.07, 6.45) is 3.57. The summed E-state index contributed by atoms with van der Waals surface area (Å²) in [5.74, 6) is 0.679. The minimum absolute atomic E-state index is 0.373. The highest BCUT2D eigenvalue weighted by atomic mass is 14.3. The summed E-state index contributed by atoms with van der Waals surface area (Å²) < 4.78 is 0. The van der Waals surface area contributed by atoms with E-state index in [1.807, 2.05) is 0 Å². The summed E-state index contributed by atoms with van der Waals surface area (Å²) in [5, 5.41) is 0. The van der Waals surface area contributed by atoms with Crippen LogP contribution < -0.4 is 0 Å². The van der Waals surface area contributed by atoms with Crippen molar-refractivity contribution < 1.29 is 0 Å². The van der Waals surface area contributed by atoms with Crippen LogP contribution in [0.2, 0.25) is 0 Å². The average molecular weight is 178 g/mol. The maximum atomic E-state index is 2.38. The van der Waals surface area contributed by atoms with Gasteiger partial charge in [0.15, 0.2) is 0 Å². The molecule has 0 aromatic heterocycles. The van der Waals surface area contributed by atoms with Gasteiger partial charge in [-0.2, -0.15) is 0 Å². The lowest BCUT2D eigenvalue weighted by Gasteiger charge is -2.35. The fourth-order valence-corrected chi connectivity index (χ4v) is 2.61. The van der Waals surface area contributed by atoms with Crippen LogP contribution in [-0.2, 0) is 0 Å². The van der Waals surface area contributed by atoms with Crippen molar-refractivity contribution in [3.63, 3.8) is 0 Å². The SMILES string of the molecule is CC1=CCC(C)(C)C(C(C)C)=C1C. The smallest absolute Gasteiger partial charge is 0.0102 e. The van der Waals surface area contributed by atoms with Gasteiger partial charge < -0.3 is 0 Å². The summed E-state index contributed by atoms with van der Waals surface area (Å²) in [4.78, 5) is 0. The first-order valence-corrected chi connectivity index (χ1v) is 5.24. The molecule has 0 radical (unpaired) electrons. The molecule has 0 aromatic carbocycles. The van der Waals surface area contributed by atoms with Crippen LogP contribution in [0.1, 0.15) is 48.0 Å². The van der Waals surface area contributed by atoms with Crippen LogP contribution in [0, 0.1) is 11.3 Å². The molecule has 0 amide bonds. The third-order valence-electron chi connectivity index (χ3n) is 3.22. The molecule has 1 aliphatic rings. The Hall–Kier alpha value is -0.520. The first-order chi connectivity index (χ1) is 5.86. The van der Waals surface area contributed by atoms with Crippen molar-refractivity contribution >= 4 is 0 Å². The molecule has 74 valence electrons. The third-order valence-corrected chi connectivity index (χ3v) is 3.22. The largest absolute Gasteiger partial charge is 0.0805 e. The lowest BCUT2D eigenvalue weighted by atomic mass is 9.69. The van der Waals surface area contributed by atoms with E-state index < -0.39 is 0 Å². The van der Waals surface area contributed by atoms with Gasteiger partial charge in [-0.3, -0.25) is 0 Å². The molecule has 0 fully saturated rings. The lowest BCUT2D eigenvalue weighted by molar-refractivity contribution is 0.396. The molecule has 0 saturated carbocycles. The van der Waals surface area contributed by atoms with Gasteiger partial charge in [-0.15, -0.1) is 0 Å². The van der Waals surface area contributed by atoms with E-state index in [4.69, 9.17) is 0 Å². The topological polar surface area (TPSA) is 0 Å². The molecule has 0 N–H and O–H groups in total. The number of allylic oxidation sites excluding steroid dienone is 4. The third kappa shape index (κ3) is 1.87. The van der Waals surface area contributed by atoms with E-state index in [9.17, 15) is 0 Å². The fraction of sp³-hybridized carbons (Fsp3) is 0.692. The predicted octanol–water partition coefficient (Wildman–Crippen LogP) is 4.34. The zero-order valence-electron chi connectivity index (χ0n) is 9.86. The van der Waals surface area contributed by atoms with E-state index in [1.165, 1.54) is 17.6 Å². The Morgan fingerprint density at radius 1 is 1.23 bits per heavy atom. The number of hydrogen-bond acceptors (Lipinski definition) is 0. The van der Waals surface area contributed by atoms with Gasteiger partial charge >= 0.3 is 0 Å². The molecule has 0 unspecified atom stereocenters. The Morgan fingerprint density at radius 2 is 1.77 bits per heavy atom. The molecule has 0 atom stereocenters. The first kappa shape index (κ1) is 10.6. The highest BCUT2D eigenvalue weighted by molar-refractivity contribution is 5.40. The van der Waals surface area contributed by atoms with Crippen LogP contribution in [0.4, 0.5) is 0 Å². The standard InChI is InChI=1S/C13H22/c1-9(2)12-11(4)10(3)7-8-13(12,5)6/h7,9H,8H2,1-6H3. The summed E-state index contributed by atoms with van der Waals surface area (Å²) in [5.41, 5.74) is 5.01. The van der Waals surface area contributed by atoms with Gasteiger partial charge in [-0.05, 0) is 37.2 Å². The minimum atomic E-state index is 0.373. The molecular formula is C13H22. The van der Waals surface area contributed by atoms with E-state index >= 15 is 0 Å². The Labute approximate surface area is 82.7 Å². The summed E-state index contributed by atoms with van der Waals surface area (Å²) in [7, 11) is 0. The minimum Gasteiger partial charge on any atom is -0.0805 e. The monoisotopic (exact) mass is 178 g/mol. The average Bonchev–Trinajstić information content (AvgIpc) is 1.96. The summed E-state index contributed by atoms with van der Waals surface area (Å²) in [6, 6.07) is 0. The van der Waals surface area contributed by atoms with Gasteiger partial charge in [0.25, 0.3) is 0 Å². The second-order valence-corrected chi connectivity index (χ2v) is 5.17. The maximum absolute atomic E-state index is 2.38. The van der Waals surface area contributed by atoms with E-state index in [-0.39, 0.29) is 0 Å². The van der Waals surface area contributed by atoms with Crippen molar-refractivity contribution in [1.82, 2.24) is 0 Å². The molecule has 0 bridgehead atoms. The Kier molecular flexibility index (Phi) is 2.70. The number of rotatable bonds is 1. The molecular weight excluding hydrogens is 156 g/mol. The van der Waals surface area contributed by atoms with Crippen molar-refractivity contribution in [2.24, 2.45) is 11.3 Å². The van der Waals surface area contributed by atoms with Crippen LogP contribution in [0.25, 0.3) is 0 Å². The van der Waals surface area contributed by atoms with E-state index in [1.54, 1.807) is 5.57 Å². The zero-order valence-corrected chi connectivity index (χ0v) is 9.86. The summed E-state index contributed by atoms with van der Waals surface area (Å²) in [6.45, 7) is 13.8. The van der Waals surface area contributed by atoms with E-state index in [0.717, 1.165) is 0 Å². The molecule has 0 heteroatoms. The predicted molar refractivity (Wildman–Crippen MR) is 59.7 cm³/mol. The molecule has 1 aliphatic carbocycles. The zero-order chi connectivity index (χ0) is 10.2. The van der Waals surface area contributed by atoms with Gasteiger partial charge in [0.2, 0.25) is 0 Å². The van der Waals surface area contributed by atoms with Crippen LogP contribution >= 0.6 is 0 Å². The Balaban J connectivity index is 3.18. The van der Waals surface area contributed by atoms with Crippen molar-refractivity contribution in [3.05, 3.63) is 22.8 Å². The van der Waals surface area contributed by atoms with E-state index in [0.29, 0.717) is 11.3 Å². The molecule has 0 heterocycles. The lowest BCUT2D eigenvalue weighted by Crippen LogP contribution is -2.22. The van der Waals surface area contributed by atoms with E-state index in [2.05, 4.69) is 47.6 Å². The van der Waals surface area contributed by atoms with Crippen LogP contribution in [0.3, 0.4) is 0 Å². The van der Waals surface area contributed by atoms with Gasteiger partial charge in [-0.1, -0.05) is 44.9 Å². The van der Waals surface area contributed by atoms with Gasteiger partial charge in [0.05, 0.1) is 0 Å². The van der Waals surface area contributed by atoms with Crippen LogP contribution in [0.5, 0.6) is 0 Å². The maximum Gasteiger partial charge on any atom is -0.0102 e. The first-order valence-electron chi connectivity index (χ1n) is 5.24.